The van der Waals surface area contributed by atoms with E-state index in [9.17, 15) is 13.2 Å². The summed E-state index contributed by atoms with van der Waals surface area (Å²) in [6, 6.07) is 8.05. The zero-order valence-electron chi connectivity index (χ0n) is 13.0. The van der Waals surface area contributed by atoms with E-state index in [0.717, 1.165) is 13.1 Å². The molecular weight excluding hydrogens is 300 g/mol. The van der Waals surface area contributed by atoms with E-state index in [4.69, 9.17) is 0 Å². The molecule has 2 atom stereocenters. The molecule has 2 aliphatic rings. The van der Waals surface area contributed by atoms with Gasteiger partial charge < -0.3 is 4.90 Å². The predicted octanol–water partition coefficient (Wildman–Crippen LogP) is 0.825. The number of amides is 1. The molecule has 2 saturated heterocycles. The molecule has 3 rings (SSSR count). The standard InChI is InChI=1S/C16H22N2O3S/c1-12-3-5-14(6-4-12)9-17-7-8-18(13(2)19)16-11-22(20,21)10-15(16)17/h3-6,15-16H,7-11H2,1-2H3/t15-,16+/m0/s1. The van der Waals surface area contributed by atoms with Gasteiger partial charge in [-0.15, -0.1) is 0 Å². The third-order valence-electron chi connectivity index (χ3n) is 4.70. The van der Waals surface area contributed by atoms with Crippen LogP contribution in [0.2, 0.25) is 0 Å². The number of aryl methyl sites for hydroxylation is 1. The number of rotatable bonds is 2. The third kappa shape index (κ3) is 3.03. The summed E-state index contributed by atoms with van der Waals surface area (Å²) < 4.78 is 24.1. The van der Waals surface area contributed by atoms with Gasteiger partial charge in [0.05, 0.1) is 17.5 Å². The smallest absolute Gasteiger partial charge is 0.219 e. The highest BCUT2D eigenvalue weighted by atomic mass is 32.2. The lowest BCUT2D eigenvalue weighted by Gasteiger charge is -2.43. The van der Waals surface area contributed by atoms with Gasteiger partial charge in [0.15, 0.2) is 9.84 Å². The van der Waals surface area contributed by atoms with Crippen LogP contribution in [0.5, 0.6) is 0 Å². The summed E-state index contributed by atoms with van der Waals surface area (Å²) in [6.07, 6.45) is 0. The SMILES string of the molecule is CC(=O)N1CCN(Cc2ccc(C)cc2)[C@H]2CS(=O)(=O)C[C@H]21. The van der Waals surface area contributed by atoms with Gasteiger partial charge in [0.1, 0.15) is 0 Å². The number of piperazine rings is 1. The molecule has 0 aromatic heterocycles. The molecule has 0 radical (unpaired) electrons. The number of hydrogen-bond donors (Lipinski definition) is 0. The topological polar surface area (TPSA) is 57.7 Å². The van der Waals surface area contributed by atoms with Crippen LogP contribution in [0.4, 0.5) is 0 Å². The number of carbonyl (C=O) groups excluding carboxylic acids is 1. The lowest BCUT2D eigenvalue weighted by Crippen LogP contribution is -2.59. The normalized spacial score (nSPS) is 27.6. The molecular formula is C16H22N2O3S. The second kappa shape index (κ2) is 5.66. The van der Waals surface area contributed by atoms with Gasteiger partial charge in [0.25, 0.3) is 0 Å². The first-order chi connectivity index (χ1) is 10.4. The molecule has 6 heteroatoms. The maximum atomic E-state index is 12.0. The molecule has 120 valence electrons. The Kier molecular flexibility index (Phi) is 3.99. The molecule has 0 spiro atoms. The van der Waals surface area contributed by atoms with Crippen LogP contribution >= 0.6 is 0 Å². The van der Waals surface area contributed by atoms with Gasteiger partial charge in [-0.05, 0) is 12.5 Å². The van der Waals surface area contributed by atoms with E-state index >= 15 is 0 Å². The Bertz CT molecular complexity index is 669. The van der Waals surface area contributed by atoms with E-state index < -0.39 is 9.84 Å². The molecule has 0 unspecified atom stereocenters. The number of sulfone groups is 1. The molecule has 0 saturated carbocycles. The van der Waals surface area contributed by atoms with Crippen molar-refractivity contribution in [3.05, 3.63) is 35.4 Å². The van der Waals surface area contributed by atoms with Crippen LogP contribution in [0.25, 0.3) is 0 Å². The first kappa shape index (κ1) is 15.5. The van der Waals surface area contributed by atoms with Gasteiger partial charge >= 0.3 is 0 Å². The van der Waals surface area contributed by atoms with Crippen molar-refractivity contribution in [2.75, 3.05) is 24.6 Å². The number of nitrogens with zero attached hydrogens (tertiary/aromatic N) is 2. The second-order valence-electron chi connectivity index (χ2n) is 6.38. The van der Waals surface area contributed by atoms with Crippen LogP contribution in [0.3, 0.4) is 0 Å². The molecule has 1 amide bonds. The van der Waals surface area contributed by atoms with Crippen molar-refractivity contribution < 1.29 is 13.2 Å². The van der Waals surface area contributed by atoms with Crippen LogP contribution in [-0.4, -0.2) is 60.8 Å². The van der Waals surface area contributed by atoms with E-state index in [2.05, 4.69) is 36.1 Å². The van der Waals surface area contributed by atoms with Crippen molar-refractivity contribution in [3.8, 4) is 0 Å². The van der Waals surface area contributed by atoms with E-state index in [1.54, 1.807) is 4.90 Å². The van der Waals surface area contributed by atoms with Gasteiger partial charge in [-0.25, -0.2) is 8.42 Å². The van der Waals surface area contributed by atoms with Crippen molar-refractivity contribution in [1.82, 2.24) is 9.80 Å². The molecule has 0 N–H and O–H groups in total. The lowest BCUT2D eigenvalue weighted by molar-refractivity contribution is -0.134. The molecule has 1 aromatic rings. The van der Waals surface area contributed by atoms with E-state index in [-0.39, 0.29) is 29.5 Å². The van der Waals surface area contributed by atoms with E-state index in [1.807, 2.05) is 0 Å². The first-order valence-corrected chi connectivity index (χ1v) is 9.45. The van der Waals surface area contributed by atoms with Gasteiger partial charge in [-0.3, -0.25) is 9.69 Å². The molecule has 0 aliphatic carbocycles. The fourth-order valence-electron chi connectivity index (χ4n) is 3.54. The average Bonchev–Trinajstić information content (AvgIpc) is 2.76. The van der Waals surface area contributed by atoms with Crippen LogP contribution < -0.4 is 0 Å². The number of hydrogen-bond acceptors (Lipinski definition) is 4. The Labute approximate surface area is 131 Å². The summed E-state index contributed by atoms with van der Waals surface area (Å²) in [5.74, 6) is 0.233. The quantitative estimate of drug-likeness (QED) is 0.809. The Morgan fingerprint density at radius 2 is 1.77 bits per heavy atom. The number of carbonyl (C=O) groups is 1. The van der Waals surface area contributed by atoms with Gasteiger partial charge in [-0.1, -0.05) is 29.8 Å². The third-order valence-corrected chi connectivity index (χ3v) is 6.40. The largest absolute Gasteiger partial charge is 0.336 e. The fraction of sp³-hybridized carbons (Fsp3) is 0.562. The minimum Gasteiger partial charge on any atom is -0.336 e. The Hall–Kier alpha value is -1.40. The molecule has 2 heterocycles. The van der Waals surface area contributed by atoms with Crippen molar-refractivity contribution in [2.24, 2.45) is 0 Å². The van der Waals surface area contributed by atoms with Crippen LogP contribution in [0.1, 0.15) is 18.1 Å². The predicted molar refractivity (Wildman–Crippen MR) is 85.2 cm³/mol. The van der Waals surface area contributed by atoms with Gasteiger partial charge in [-0.2, -0.15) is 0 Å². The lowest BCUT2D eigenvalue weighted by atomic mass is 10.0. The van der Waals surface area contributed by atoms with Gasteiger partial charge in [0.2, 0.25) is 5.91 Å². The monoisotopic (exact) mass is 322 g/mol. The summed E-state index contributed by atoms with van der Waals surface area (Å²) in [6.45, 7) is 5.65. The molecule has 2 aliphatic heterocycles. The molecule has 0 bridgehead atoms. The van der Waals surface area contributed by atoms with Gasteiger partial charge in [0, 0.05) is 32.6 Å². The minimum absolute atomic E-state index is 0.0258. The number of fused-ring (bicyclic) bond motifs is 1. The molecule has 5 nitrogen and oxygen atoms in total. The van der Waals surface area contributed by atoms with Crippen molar-refractivity contribution in [3.63, 3.8) is 0 Å². The van der Waals surface area contributed by atoms with Crippen molar-refractivity contribution >= 4 is 15.7 Å². The Morgan fingerprint density at radius 1 is 1.14 bits per heavy atom. The van der Waals surface area contributed by atoms with E-state index in [1.165, 1.54) is 18.1 Å². The van der Waals surface area contributed by atoms with Crippen molar-refractivity contribution in [2.45, 2.75) is 32.5 Å². The van der Waals surface area contributed by atoms with Crippen LogP contribution in [0.15, 0.2) is 24.3 Å². The summed E-state index contributed by atoms with van der Waals surface area (Å²) in [4.78, 5) is 15.7. The Morgan fingerprint density at radius 3 is 2.41 bits per heavy atom. The second-order valence-corrected chi connectivity index (χ2v) is 8.53. The molecule has 22 heavy (non-hydrogen) atoms. The molecule has 2 fully saturated rings. The molecule has 1 aromatic carbocycles. The van der Waals surface area contributed by atoms with Crippen molar-refractivity contribution in [1.29, 1.82) is 0 Å². The zero-order valence-corrected chi connectivity index (χ0v) is 13.8. The highest BCUT2D eigenvalue weighted by Crippen LogP contribution is 2.28. The van der Waals surface area contributed by atoms with E-state index in [0.29, 0.717) is 6.54 Å². The summed E-state index contributed by atoms with van der Waals surface area (Å²) >= 11 is 0. The Balaban J connectivity index is 1.81. The highest BCUT2D eigenvalue weighted by molar-refractivity contribution is 7.91. The highest BCUT2D eigenvalue weighted by Gasteiger charge is 2.47. The first-order valence-electron chi connectivity index (χ1n) is 7.63. The number of benzene rings is 1. The zero-order chi connectivity index (χ0) is 15.9. The summed E-state index contributed by atoms with van der Waals surface area (Å²) in [5, 5.41) is 0. The van der Waals surface area contributed by atoms with Crippen LogP contribution in [-0.2, 0) is 21.2 Å². The summed E-state index contributed by atoms with van der Waals surface area (Å²) in [5.41, 5.74) is 2.40. The minimum atomic E-state index is -3.06. The fourth-order valence-corrected chi connectivity index (χ4v) is 5.55. The van der Waals surface area contributed by atoms with Crippen LogP contribution in [0, 0.1) is 6.92 Å². The average molecular weight is 322 g/mol. The summed E-state index contributed by atoms with van der Waals surface area (Å²) in [7, 11) is -3.06. The maximum Gasteiger partial charge on any atom is 0.219 e. The maximum absolute atomic E-state index is 12.0.